The van der Waals surface area contributed by atoms with Crippen molar-refractivity contribution in [2.24, 2.45) is 0 Å². The Morgan fingerprint density at radius 3 is 0.750 bits per heavy atom. The summed E-state index contributed by atoms with van der Waals surface area (Å²) in [5.74, 6) is 0. The molecule has 0 N–H and O–H groups in total. The van der Waals surface area contributed by atoms with E-state index in [1.165, 1.54) is 0 Å². The normalized spacial score (nSPS) is 0. The zero-order valence-corrected chi connectivity index (χ0v) is 8.10. The molecule has 0 saturated heterocycles. The maximum atomic E-state index is 0. The van der Waals surface area contributed by atoms with Crippen LogP contribution in [0.15, 0.2) is 0 Å². The summed E-state index contributed by atoms with van der Waals surface area (Å²) in [7, 11) is 0. The Balaban J connectivity index is 0. The van der Waals surface area contributed by atoms with Gasteiger partial charge in [0.05, 0.1) is 0 Å². The third-order valence-electron chi connectivity index (χ3n) is 0. The first kappa shape index (κ1) is 27.5. The van der Waals surface area contributed by atoms with E-state index in [-0.39, 0.29) is 103 Å². The van der Waals surface area contributed by atoms with Crippen molar-refractivity contribution in [2.75, 3.05) is 0 Å². The van der Waals surface area contributed by atoms with E-state index in [0.717, 1.165) is 0 Å². The molecule has 20 valence electrons. The van der Waals surface area contributed by atoms with Crippen molar-refractivity contribution < 1.29 is 27.7 Å². The van der Waals surface area contributed by atoms with Crippen molar-refractivity contribution in [2.45, 2.75) is 0 Å². The summed E-state index contributed by atoms with van der Waals surface area (Å²) in [6, 6.07) is 0. The Hall–Kier alpha value is 3.10. The van der Waals surface area contributed by atoms with E-state index in [2.05, 4.69) is 0 Å². The molecule has 0 aliphatic carbocycles. The molecule has 0 aliphatic heterocycles. The maximum absolute atomic E-state index is 0. The minimum Gasteiger partial charge on any atom is -1.00 e. The van der Waals surface area contributed by atoms with Crippen molar-refractivity contribution in [3.05, 3.63) is 0 Å². The zero-order chi connectivity index (χ0) is 0. The van der Waals surface area contributed by atoms with Gasteiger partial charge < -0.3 is 27.7 Å². The molecule has 0 rings (SSSR count). The molecule has 4 heteroatoms. The van der Waals surface area contributed by atoms with Crippen LogP contribution < -0.4 is 24.8 Å². The second-order valence-electron chi connectivity index (χ2n) is 0. The van der Waals surface area contributed by atoms with Crippen LogP contribution in [0.1, 0.15) is 2.85 Å². The molecule has 0 unspecified atom stereocenters. The van der Waals surface area contributed by atoms with Gasteiger partial charge in [-0.1, -0.05) is 0 Å². The molecule has 0 radical (unpaired) electrons. The average molecular weight is 153 g/mol. The van der Waals surface area contributed by atoms with Crippen molar-refractivity contribution in [1.82, 2.24) is 0 Å². The molecule has 0 fully saturated rings. The summed E-state index contributed by atoms with van der Waals surface area (Å²) in [5.41, 5.74) is 0. The van der Waals surface area contributed by atoms with Crippen molar-refractivity contribution in [3.8, 4) is 0 Å². The maximum Gasteiger partial charge on any atom is 2.00 e. The van der Waals surface area contributed by atoms with Gasteiger partial charge in [-0.15, -0.1) is 0 Å². The standard InChI is InChI=1S/2Ca.2ClH.2H/h;;2*1H;;/q2*+2;;;2*-1/p-2. The molecule has 0 saturated carbocycles. The summed E-state index contributed by atoms with van der Waals surface area (Å²) < 4.78 is 0. The molecular weight excluding hydrogens is 151 g/mol. The SMILES string of the molecule is [Ca+2].[Ca+2].[Cl-].[Cl-].[H-].[H-]. The number of rotatable bonds is 0. The Kier molecular flexibility index (Phi) is 113. The van der Waals surface area contributed by atoms with Gasteiger partial charge in [0.25, 0.3) is 0 Å². The molecule has 0 aromatic carbocycles. The van der Waals surface area contributed by atoms with Crippen LogP contribution in [-0.2, 0) is 0 Å². The van der Waals surface area contributed by atoms with Crippen LogP contribution in [0.2, 0.25) is 0 Å². The van der Waals surface area contributed by atoms with Crippen LogP contribution in [0, 0.1) is 0 Å². The molecule has 4 heavy (non-hydrogen) atoms. The summed E-state index contributed by atoms with van der Waals surface area (Å²) in [4.78, 5) is 0. The largest absolute Gasteiger partial charge is 2.00 e. The van der Waals surface area contributed by atoms with Gasteiger partial charge in [0.15, 0.2) is 0 Å². The van der Waals surface area contributed by atoms with Crippen LogP contribution >= 0.6 is 0 Å². The van der Waals surface area contributed by atoms with Gasteiger partial charge in [-0.2, -0.15) is 0 Å². The van der Waals surface area contributed by atoms with Crippen LogP contribution in [0.3, 0.4) is 0 Å². The smallest absolute Gasteiger partial charge is 1.00 e. The number of halogens is 2. The van der Waals surface area contributed by atoms with Gasteiger partial charge in [0, 0.05) is 0 Å². The summed E-state index contributed by atoms with van der Waals surface area (Å²) in [6.45, 7) is 0. The van der Waals surface area contributed by atoms with E-state index in [1.807, 2.05) is 0 Å². The Morgan fingerprint density at radius 1 is 0.750 bits per heavy atom. The molecule has 0 spiro atoms. The van der Waals surface area contributed by atoms with E-state index in [4.69, 9.17) is 0 Å². The van der Waals surface area contributed by atoms with Crippen LogP contribution in [-0.4, -0.2) is 75.5 Å². The van der Waals surface area contributed by atoms with Gasteiger partial charge in [-0.3, -0.25) is 0 Å². The van der Waals surface area contributed by atoms with E-state index >= 15 is 0 Å². The van der Waals surface area contributed by atoms with Crippen molar-refractivity contribution in [1.29, 1.82) is 0 Å². The predicted octanol–water partition coefficient (Wildman–Crippen LogP) is -6.53. The van der Waals surface area contributed by atoms with E-state index in [1.54, 1.807) is 0 Å². The fourth-order valence-corrected chi connectivity index (χ4v) is 0. The molecule has 0 aromatic heterocycles. The first-order valence-electron chi connectivity index (χ1n) is 0. The first-order chi connectivity index (χ1) is 0. The number of hydrogen-bond acceptors (Lipinski definition) is 0. The molecule has 0 amide bonds. The Morgan fingerprint density at radius 2 is 0.750 bits per heavy atom. The van der Waals surface area contributed by atoms with Gasteiger partial charge in [-0.25, -0.2) is 0 Å². The van der Waals surface area contributed by atoms with Crippen LogP contribution in [0.25, 0.3) is 0 Å². The van der Waals surface area contributed by atoms with Crippen molar-refractivity contribution >= 4 is 75.5 Å². The van der Waals surface area contributed by atoms with Gasteiger partial charge in [0.1, 0.15) is 0 Å². The molecule has 0 aromatic rings. The number of hydrogen-bond donors (Lipinski definition) is 0. The van der Waals surface area contributed by atoms with Gasteiger partial charge >= 0.3 is 75.5 Å². The second kappa shape index (κ2) is 16.5. The molecule has 0 nitrogen and oxygen atoms in total. The fourth-order valence-electron chi connectivity index (χ4n) is 0. The first-order valence-corrected chi connectivity index (χ1v) is 0. The van der Waals surface area contributed by atoms with Crippen LogP contribution in [0.5, 0.6) is 0 Å². The summed E-state index contributed by atoms with van der Waals surface area (Å²) >= 11 is 0. The van der Waals surface area contributed by atoms with Gasteiger partial charge in [0.2, 0.25) is 0 Å². The topological polar surface area (TPSA) is 0 Å². The van der Waals surface area contributed by atoms with E-state index in [9.17, 15) is 0 Å². The second-order valence-corrected chi connectivity index (χ2v) is 0. The van der Waals surface area contributed by atoms with Crippen LogP contribution in [0.4, 0.5) is 0 Å². The molecule has 0 bridgehead atoms. The zero-order valence-electron chi connectivity index (χ0n) is 4.17. The third-order valence-corrected chi connectivity index (χ3v) is 0. The fraction of sp³-hybridized carbons (Fsp3) is 0. The molecule has 0 aliphatic rings. The predicted molar refractivity (Wildman–Crippen MR) is 13.7 cm³/mol. The van der Waals surface area contributed by atoms with E-state index < -0.39 is 0 Å². The summed E-state index contributed by atoms with van der Waals surface area (Å²) in [5, 5.41) is 0. The van der Waals surface area contributed by atoms with Crippen molar-refractivity contribution in [3.63, 3.8) is 0 Å². The Bertz CT molecular complexity index is 9.51. The minimum absolute atomic E-state index is 0. The van der Waals surface area contributed by atoms with E-state index in [0.29, 0.717) is 0 Å². The summed E-state index contributed by atoms with van der Waals surface area (Å²) in [6.07, 6.45) is 0. The molecule has 0 atom stereocenters. The third kappa shape index (κ3) is 8.92. The molecular formula is H2Ca2Cl2. The molecule has 0 heterocycles. The minimum atomic E-state index is 0. The Labute approximate surface area is 101 Å². The monoisotopic (exact) mass is 152 g/mol. The quantitative estimate of drug-likeness (QED) is 0.303. The average Bonchev–Trinajstić information content (AvgIpc) is 0. The van der Waals surface area contributed by atoms with Gasteiger partial charge in [-0.05, 0) is 0 Å².